The zero-order chi connectivity index (χ0) is 30.8. The fourth-order valence-corrected chi connectivity index (χ4v) is 5.57. The van der Waals surface area contributed by atoms with Gasteiger partial charge < -0.3 is 11.1 Å². The lowest BCUT2D eigenvalue weighted by molar-refractivity contribution is -0.114. The maximum absolute atomic E-state index is 11.1. The van der Waals surface area contributed by atoms with Crippen LogP contribution in [0.25, 0.3) is 21.8 Å². The average molecular weight is 595 g/mol. The van der Waals surface area contributed by atoms with Crippen LogP contribution in [0.3, 0.4) is 0 Å². The number of nitrogens with zero attached hydrogens (tertiary/aromatic N) is 6. The van der Waals surface area contributed by atoms with Crippen LogP contribution in [0.15, 0.2) is 85.7 Å². The molecular weight excluding hydrogens is 560 g/mol. The van der Waals surface area contributed by atoms with E-state index in [-0.39, 0.29) is 5.91 Å². The molecule has 2 saturated carbocycles. The van der Waals surface area contributed by atoms with Crippen LogP contribution in [-0.4, -0.2) is 35.8 Å². The van der Waals surface area contributed by atoms with E-state index in [1.165, 1.54) is 78.3 Å². The predicted molar refractivity (Wildman–Crippen MR) is 176 cm³/mol. The van der Waals surface area contributed by atoms with Gasteiger partial charge in [-0.3, -0.25) is 14.8 Å². The number of fused-ring (bicyclic) bond motifs is 2. The van der Waals surface area contributed by atoms with E-state index < -0.39 is 0 Å². The van der Waals surface area contributed by atoms with Crippen LogP contribution in [0.5, 0.6) is 0 Å². The van der Waals surface area contributed by atoms with Crippen LogP contribution in [-0.2, 0) is 17.6 Å². The van der Waals surface area contributed by atoms with Crippen LogP contribution < -0.4 is 11.1 Å². The highest BCUT2D eigenvalue weighted by Crippen LogP contribution is 2.41. The second-order valence-corrected chi connectivity index (χ2v) is 12.0. The van der Waals surface area contributed by atoms with Crippen molar-refractivity contribution in [1.82, 2.24) is 29.9 Å². The molecule has 0 spiro atoms. The number of nitrogens with two attached hydrogens (primary N) is 1. The van der Waals surface area contributed by atoms with E-state index in [0.717, 1.165) is 34.8 Å². The Balaban J connectivity index is 0.000000146. The Kier molecular flexibility index (Phi) is 7.82. The Morgan fingerprint density at radius 2 is 1.22 bits per heavy atom. The smallest absolute Gasteiger partial charge is 0.222 e. The van der Waals surface area contributed by atoms with Crippen LogP contribution in [0.1, 0.15) is 78.1 Å². The van der Waals surface area contributed by atoms with Crippen LogP contribution in [0, 0.1) is 0 Å². The summed E-state index contributed by atoms with van der Waals surface area (Å²) in [5.74, 6) is 2.34. The lowest BCUT2D eigenvalue weighted by Crippen LogP contribution is -2.08. The number of hydrogen-bond acceptors (Lipinski definition) is 8. The summed E-state index contributed by atoms with van der Waals surface area (Å²) in [6, 6.07) is 20.8. The molecule has 0 aliphatic heterocycles. The van der Waals surface area contributed by atoms with Gasteiger partial charge in [0.15, 0.2) is 0 Å². The van der Waals surface area contributed by atoms with Gasteiger partial charge in [-0.25, -0.2) is 19.9 Å². The second kappa shape index (κ2) is 12.4. The van der Waals surface area contributed by atoms with E-state index in [1.807, 2.05) is 24.5 Å². The summed E-state index contributed by atoms with van der Waals surface area (Å²) >= 11 is 0. The van der Waals surface area contributed by atoms with Gasteiger partial charge in [-0.2, -0.15) is 0 Å². The van der Waals surface area contributed by atoms with Crippen molar-refractivity contribution in [1.29, 1.82) is 0 Å². The minimum absolute atomic E-state index is 0.135. The summed E-state index contributed by atoms with van der Waals surface area (Å²) in [6.07, 6.45) is 13.6. The Morgan fingerprint density at radius 1 is 0.689 bits per heavy atom. The Morgan fingerprint density at radius 3 is 1.73 bits per heavy atom. The molecule has 2 aliphatic carbocycles. The first-order valence-electron chi connectivity index (χ1n) is 15.4. The molecule has 1 amide bonds. The Bertz CT molecular complexity index is 2020. The molecule has 2 aromatic carbocycles. The third-order valence-electron chi connectivity index (χ3n) is 8.17. The second-order valence-electron chi connectivity index (χ2n) is 12.0. The summed E-state index contributed by atoms with van der Waals surface area (Å²) in [7, 11) is 0. The van der Waals surface area contributed by atoms with Crippen molar-refractivity contribution in [2.45, 2.75) is 57.3 Å². The van der Waals surface area contributed by atoms with Gasteiger partial charge in [0.05, 0.1) is 22.4 Å². The minimum Gasteiger partial charge on any atom is -0.384 e. The van der Waals surface area contributed by atoms with Crippen LogP contribution in [0.4, 0.5) is 11.6 Å². The maximum atomic E-state index is 11.1. The molecule has 45 heavy (non-hydrogen) atoms. The lowest BCUT2D eigenvalue weighted by atomic mass is 10.0. The number of pyridine rings is 2. The molecule has 0 unspecified atom stereocenters. The maximum Gasteiger partial charge on any atom is 0.222 e. The molecule has 2 aliphatic rings. The van der Waals surface area contributed by atoms with Gasteiger partial charge in [-0.1, -0.05) is 12.1 Å². The first-order chi connectivity index (χ1) is 21.9. The Hall–Kier alpha value is -5.31. The van der Waals surface area contributed by atoms with Gasteiger partial charge in [0.25, 0.3) is 0 Å². The van der Waals surface area contributed by atoms with E-state index in [4.69, 9.17) is 5.73 Å². The summed E-state index contributed by atoms with van der Waals surface area (Å²) in [6.45, 7) is 1.47. The van der Waals surface area contributed by atoms with Crippen molar-refractivity contribution < 1.29 is 4.79 Å². The van der Waals surface area contributed by atoms with Crippen molar-refractivity contribution in [3.63, 3.8) is 0 Å². The minimum atomic E-state index is -0.135. The van der Waals surface area contributed by atoms with Crippen molar-refractivity contribution >= 4 is 39.3 Å². The standard InChI is InChI=1S/C19H18N4O.C17H16N4/c1-12(24)23-19-9-17(21-11-22-19)7-13-2-5-18-15(6-13)8-16(10-20-18)14-3-4-14;18-17-8-15(20-10-21-17)6-11-1-4-16-13(5-11)7-14(9-19-16)12-2-3-12/h2,5-6,8-11,14H,3-4,7H2,1H3,(H,21,22,23,24);1,4-5,7-10,12H,2-3,6H2,(H2,18,20,21). The molecule has 4 aromatic heterocycles. The number of amides is 1. The summed E-state index contributed by atoms with van der Waals surface area (Å²) in [4.78, 5) is 36.8. The number of hydrogen-bond donors (Lipinski definition) is 2. The molecule has 9 heteroatoms. The highest BCUT2D eigenvalue weighted by atomic mass is 16.1. The van der Waals surface area contributed by atoms with Crippen LogP contribution >= 0.6 is 0 Å². The number of nitrogens with one attached hydrogen (secondary N) is 1. The highest BCUT2D eigenvalue weighted by Gasteiger charge is 2.24. The molecule has 0 radical (unpaired) electrons. The average Bonchev–Trinajstić information content (AvgIpc) is 3.95. The monoisotopic (exact) mass is 594 g/mol. The Labute approximate surface area is 261 Å². The number of benzene rings is 2. The van der Waals surface area contributed by atoms with Gasteiger partial charge >= 0.3 is 0 Å². The first kappa shape index (κ1) is 28.5. The van der Waals surface area contributed by atoms with Crippen molar-refractivity contribution in [2.24, 2.45) is 0 Å². The normalized spacial score (nSPS) is 14.2. The van der Waals surface area contributed by atoms with Gasteiger partial charge in [-0.15, -0.1) is 0 Å². The molecule has 4 heterocycles. The van der Waals surface area contributed by atoms with Crippen LogP contribution in [0.2, 0.25) is 0 Å². The van der Waals surface area contributed by atoms with E-state index in [0.29, 0.717) is 24.0 Å². The van der Waals surface area contributed by atoms with E-state index >= 15 is 0 Å². The summed E-state index contributed by atoms with van der Waals surface area (Å²) < 4.78 is 0. The molecule has 0 saturated heterocycles. The molecule has 9 nitrogen and oxygen atoms in total. The molecule has 3 N–H and O–H groups in total. The molecule has 2 fully saturated rings. The fourth-order valence-electron chi connectivity index (χ4n) is 5.57. The van der Waals surface area contributed by atoms with Gasteiger partial charge in [0.1, 0.15) is 24.3 Å². The van der Waals surface area contributed by atoms with Crippen molar-refractivity contribution in [2.75, 3.05) is 11.1 Å². The van der Waals surface area contributed by atoms with Gasteiger partial charge in [0, 0.05) is 55.1 Å². The zero-order valence-corrected chi connectivity index (χ0v) is 25.1. The number of rotatable bonds is 7. The topological polar surface area (TPSA) is 132 Å². The fraction of sp³-hybridized carbons (Fsp3) is 0.250. The first-order valence-corrected chi connectivity index (χ1v) is 15.4. The lowest BCUT2D eigenvalue weighted by Gasteiger charge is -2.06. The zero-order valence-electron chi connectivity index (χ0n) is 25.1. The van der Waals surface area contributed by atoms with Crippen molar-refractivity contribution in [3.05, 3.63) is 119 Å². The number of nitrogen functional groups attached to an aromatic ring is 1. The molecule has 224 valence electrons. The largest absolute Gasteiger partial charge is 0.384 e. The SMILES string of the molecule is CC(=O)Nc1cc(Cc2ccc3ncc(C4CC4)cc3c2)ncn1.Nc1cc(Cc2ccc3ncc(C4CC4)cc3c2)ncn1. The highest BCUT2D eigenvalue weighted by molar-refractivity contribution is 5.87. The predicted octanol–water partition coefficient (Wildman–Crippen LogP) is 6.53. The molecule has 6 aromatic rings. The summed E-state index contributed by atoms with van der Waals surface area (Å²) in [5.41, 5.74) is 14.7. The molecule has 8 rings (SSSR count). The quantitative estimate of drug-likeness (QED) is 0.213. The third-order valence-corrected chi connectivity index (χ3v) is 8.17. The van der Waals surface area contributed by atoms with Crippen molar-refractivity contribution in [3.8, 4) is 0 Å². The van der Waals surface area contributed by atoms with Gasteiger partial charge in [0.2, 0.25) is 5.91 Å². The van der Waals surface area contributed by atoms with E-state index in [1.54, 1.807) is 0 Å². The van der Waals surface area contributed by atoms with Gasteiger partial charge in [-0.05, 0) is 96.2 Å². The number of carbonyl (C=O) groups is 1. The molecule has 0 bridgehead atoms. The number of aromatic nitrogens is 6. The molecule has 0 atom stereocenters. The summed E-state index contributed by atoms with van der Waals surface area (Å²) in [5, 5.41) is 5.07. The third kappa shape index (κ3) is 7.26. The van der Waals surface area contributed by atoms with E-state index in [9.17, 15) is 4.79 Å². The van der Waals surface area contributed by atoms with E-state index in [2.05, 4.69) is 83.8 Å². The molecular formula is C36H34N8O. The number of carbonyl (C=O) groups excluding carboxylic acids is 1. The number of anilines is 2.